The number of allylic oxidation sites excluding steroid dienone is 1. The number of nitrogens with zero attached hydrogens (tertiary/aromatic N) is 1. The van der Waals surface area contributed by atoms with Crippen LogP contribution in [0.2, 0.25) is 0 Å². The zero-order chi connectivity index (χ0) is 33.5. The Morgan fingerprint density at radius 2 is 1.52 bits per heavy atom. The van der Waals surface area contributed by atoms with Gasteiger partial charge >= 0.3 is 29.8 Å². The summed E-state index contributed by atoms with van der Waals surface area (Å²) < 4.78 is 45.8. The fourth-order valence-corrected chi connectivity index (χ4v) is 7.30. The molecule has 15 nitrogen and oxygen atoms in total. The Morgan fingerprint density at radius 1 is 0.870 bits per heavy atom. The number of carbonyl (C=O) groups excluding carboxylic acids is 6. The molecule has 8 atom stereocenters. The zero-order valence-electron chi connectivity index (χ0n) is 25.8. The van der Waals surface area contributed by atoms with E-state index in [1.807, 2.05) is 6.08 Å². The lowest BCUT2D eigenvalue weighted by Crippen LogP contribution is -2.63. The topological polar surface area (TPSA) is 189 Å². The van der Waals surface area contributed by atoms with Crippen LogP contribution < -0.4 is 0 Å². The molecule has 0 radical (unpaired) electrons. The third-order valence-corrected chi connectivity index (χ3v) is 9.24. The lowest BCUT2D eigenvalue weighted by Gasteiger charge is -2.45. The van der Waals surface area contributed by atoms with E-state index in [1.54, 1.807) is 0 Å². The molecule has 0 aromatic heterocycles. The highest BCUT2D eigenvalue weighted by atomic mass is 32.2. The Kier molecular flexibility index (Phi) is 12.3. The van der Waals surface area contributed by atoms with Crippen LogP contribution in [0.25, 0.3) is 0 Å². The zero-order valence-corrected chi connectivity index (χ0v) is 27.4. The maximum atomic E-state index is 13.3. The number of hydrogen-bond acceptors (Lipinski definition) is 17. The number of aliphatic imine (C=N–C) groups is 1. The molecule has 1 aliphatic carbocycles. The van der Waals surface area contributed by atoms with Crippen LogP contribution in [-0.4, -0.2) is 102 Å². The van der Waals surface area contributed by atoms with Crippen LogP contribution in [0.15, 0.2) is 28.5 Å². The summed E-state index contributed by atoms with van der Waals surface area (Å²) in [7, 11) is 0. The van der Waals surface area contributed by atoms with Gasteiger partial charge < -0.3 is 37.9 Å². The minimum absolute atomic E-state index is 0.102. The quantitative estimate of drug-likeness (QED) is 0.184. The van der Waals surface area contributed by atoms with Gasteiger partial charge in [-0.3, -0.25) is 33.8 Å². The molecule has 1 fully saturated rings. The Labute approximate surface area is 273 Å². The molecule has 0 aromatic rings. The maximum absolute atomic E-state index is 13.3. The van der Waals surface area contributed by atoms with Gasteiger partial charge in [-0.25, -0.2) is 0 Å². The fourth-order valence-electron chi connectivity index (χ4n) is 5.42. The van der Waals surface area contributed by atoms with Gasteiger partial charge in [0.15, 0.2) is 18.3 Å². The number of fused-ring (bicyclic) bond motifs is 1. The molecule has 0 unspecified atom stereocenters. The first kappa shape index (κ1) is 35.4. The molecule has 46 heavy (non-hydrogen) atoms. The molecule has 252 valence electrons. The predicted molar refractivity (Wildman–Crippen MR) is 160 cm³/mol. The largest absolute Gasteiger partial charge is 0.471 e. The second-order valence-electron chi connectivity index (χ2n) is 10.6. The molecule has 0 N–H and O–H groups in total. The lowest BCUT2D eigenvalue weighted by molar-refractivity contribution is -0.342. The highest BCUT2D eigenvalue weighted by Gasteiger charge is 2.55. The van der Waals surface area contributed by atoms with E-state index in [9.17, 15) is 28.8 Å². The van der Waals surface area contributed by atoms with Gasteiger partial charge in [-0.1, -0.05) is 17.8 Å². The van der Waals surface area contributed by atoms with Crippen molar-refractivity contribution < 1.29 is 66.7 Å². The van der Waals surface area contributed by atoms with Crippen LogP contribution in [0.1, 0.15) is 41.0 Å². The van der Waals surface area contributed by atoms with Crippen LogP contribution in [0.4, 0.5) is 0 Å². The van der Waals surface area contributed by atoms with E-state index >= 15 is 0 Å². The highest BCUT2D eigenvalue weighted by molar-refractivity contribution is 8.45. The van der Waals surface area contributed by atoms with Crippen molar-refractivity contribution in [3.05, 3.63) is 23.5 Å². The van der Waals surface area contributed by atoms with Crippen LogP contribution in [0, 0.1) is 11.8 Å². The summed E-state index contributed by atoms with van der Waals surface area (Å²) in [5.41, 5.74) is 0.993. The second-order valence-corrected chi connectivity index (χ2v) is 12.9. The first-order valence-electron chi connectivity index (χ1n) is 14.4. The summed E-state index contributed by atoms with van der Waals surface area (Å²) in [6, 6.07) is 0. The minimum Gasteiger partial charge on any atom is -0.471 e. The molecule has 3 heterocycles. The van der Waals surface area contributed by atoms with Gasteiger partial charge in [0.25, 0.3) is 0 Å². The average molecular weight is 686 g/mol. The summed E-state index contributed by atoms with van der Waals surface area (Å²) in [6.07, 6.45) is -4.70. The number of hydrogen-bond donors (Lipinski definition) is 0. The number of thioether (sulfide) groups is 2. The van der Waals surface area contributed by atoms with Crippen LogP contribution in [-0.2, 0) is 66.7 Å². The molecule has 0 saturated carbocycles. The van der Waals surface area contributed by atoms with Crippen molar-refractivity contribution in [2.75, 3.05) is 25.5 Å². The van der Waals surface area contributed by atoms with Crippen molar-refractivity contribution in [2.24, 2.45) is 16.8 Å². The lowest BCUT2D eigenvalue weighted by atomic mass is 9.84. The van der Waals surface area contributed by atoms with Gasteiger partial charge in [0.1, 0.15) is 23.7 Å². The smallest absolute Gasteiger partial charge is 0.303 e. The molecule has 0 spiro atoms. The molecule has 0 bridgehead atoms. The average Bonchev–Trinajstić information content (AvgIpc) is 3.63. The van der Waals surface area contributed by atoms with Gasteiger partial charge in [-0.2, -0.15) is 0 Å². The highest BCUT2D eigenvalue weighted by Crippen LogP contribution is 2.46. The van der Waals surface area contributed by atoms with Crippen molar-refractivity contribution in [3.63, 3.8) is 0 Å². The Bertz CT molecular complexity index is 1330. The summed E-state index contributed by atoms with van der Waals surface area (Å²) in [5, 5.41) is -0.254. The summed E-state index contributed by atoms with van der Waals surface area (Å²) >= 11 is 2.50. The van der Waals surface area contributed by atoms with E-state index in [1.165, 1.54) is 24.9 Å². The van der Waals surface area contributed by atoms with E-state index < -0.39 is 85.3 Å². The molecule has 3 aliphatic heterocycles. The molecular formula is C29H35NO14S2. The summed E-state index contributed by atoms with van der Waals surface area (Å²) in [5.74, 6) is -3.86. The fraction of sp³-hybridized carbons (Fsp3) is 0.621. The van der Waals surface area contributed by atoms with Crippen molar-refractivity contribution in [3.8, 4) is 0 Å². The predicted octanol–water partition coefficient (Wildman–Crippen LogP) is 1.81. The monoisotopic (exact) mass is 685 g/mol. The first-order chi connectivity index (χ1) is 21.8. The summed E-state index contributed by atoms with van der Waals surface area (Å²) in [6.45, 7) is 5.86. The van der Waals surface area contributed by atoms with E-state index in [4.69, 9.17) is 37.9 Å². The second kappa shape index (κ2) is 15.9. The Balaban J connectivity index is 1.68. The van der Waals surface area contributed by atoms with Crippen molar-refractivity contribution in [1.29, 1.82) is 0 Å². The molecule has 4 aliphatic rings. The van der Waals surface area contributed by atoms with Crippen LogP contribution in [0.5, 0.6) is 0 Å². The first-order valence-corrected chi connectivity index (χ1v) is 16.2. The normalized spacial score (nSPS) is 30.0. The molecule has 0 amide bonds. The van der Waals surface area contributed by atoms with Gasteiger partial charge in [-0.15, -0.1) is 0 Å². The third kappa shape index (κ3) is 9.11. The number of carbonyl (C=O) groups is 6. The molecular weight excluding hydrogens is 650 g/mol. The van der Waals surface area contributed by atoms with Crippen LogP contribution in [0.3, 0.4) is 0 Å². The van der Waals surface area contributed by atoms with Gasteiger partial charge in [0.05, 0.1) is 18.7 Å². The van der Waals surface area contributed by atoms with Crippen LogP contribution >= 0.6 is 23.5 Å². The summed E-state index contributed by atoms with van der Waals surface area (Å²) in [4.78, 5) is 77.5. The Hall–Kier alpha value is -3.41. The number of rotatable bonds is 10. The third-order valence-electron chi connectivity index (χ3n) is 7.15. The van der Waals surface area contributed by atoms with Gasteiger partial charge in [-0.05, 0) is 23.8 Å². The number of ether oxygens (including phenoxy) is 8. The van der Waals surface area contributed by atoms with Crippen molar-refractivity contribution in [1.82, 2.24) is 0 Å². The minimum atomic E-state index is -1.52. The Morgan fingerprint density at radius 3 is 2.13 bits per heavy atom. The molecule has 0 aromatic carbocycles. The molecule has 1 saturated heterocycles. The van der Waals surface area contributed by atoms with Gasteiger partial charge in [0.2, 0.25) is 17.7 Å². The van der Waals surface area contributed by atoms with E-state index in [0.29, 0.717) is 28.5 Å². The van der Waals surface area contributed by atoms with Crippen molar-refractivity contribution >= 4 is 62.9 Å². The van der Waals surface area contributed by atoms with E-state index in [2.05, 4.69) is 4.99 Å². The molecule has 17 heteroatoms. The standard InChI is InChI=1S/C29H35NO14S2/c1-13(31)37-10-18-6-7-19-20(26(36)46-29-30-8-9-45-29)11-39-27(22(18)19)44-28-25(42-17(5)35)24(41-16(4)34)23(40-15(3)33)21(43-28)12-38-14(2)32/h6,11,19,21-25,27-28H,7-10,12H2,1-5H3/t19-,21-,22-,23-,24+,25-,27+,28+/m1/s1. The number of esters is 5. The molecule has 4 rings (SSSR count). The SMILES string of the molecule is CC(=O)OCC1=CC[C@@H]2C(C(=O)SC3=NCCS3)=CO[C@@H](O[C@@H]3O[C@H](COC(C)=O)[C@@H](OC(C)=O)[C@H](OC(C)=O)[C@H]3OC(C)=O)[C@H]12. The maximum Gasteiger partial charge on any atom is 0.303 e. The van der Waals surface area contributed by atoms with Crippen molar-refractivity contribution in [2.45, 2.75) is 78.0 Å². The van der Waals surface area contributed by atoms with Gasteiger partial charge in [0, 0.05) is 51.9 Å². The van der Waals surface area contributed by atoms with E-state index in [0.717, 1.165) is 45.2 Å². The van der Waals surface area contributed by atoms with E-state index in [-0.39, 0.29) is 11.7 Å².